The van der Waals surface area contributed by atoms with Gasteiger partial charge in [0.2, 0.25) is 0 Å². The van der Waals surface area contributed by atoms with E-state index in [1.807, 2.05) is 11.9 Å². The van der Waals surface area contributed by atoms with E-state index in [0.29, 0.717) is 18.0 Å². The maximum atomic E-state index is 12.4. The summed E-state index contributed by atoms with van der Waals surface area (Å²) in [5.41, 5.74) is 1.31. The first kappa shape index (κ1) is 16.1. The van der Waals surface area contributed by atoms with Gasteiger partial charge in [-0.25, -0.2) is 13.2 Å². The molecule has 0 saturated carbocycles. The van der Waals surface area contributed by atoms with E-state index in [9.17, 15) is 13.2 Å². The molecular weight excluding hydrogens is 332 g/mol. The van der Waals surface area contributed by atoms with Crippen LogP contribution < -0.4 is 14.4 Å². The van der Waals surface area contributed by atoms with E-state index in [-0.39, 0.29) is 10.5 Å². The molecule has 1 aliphatic heterocycles. The van der Waals surface area contributed by atoms with Gasteiger partial charge in [-0.3, -0.25) is 4.72 Å². The van der Waals surface area contributed by atoms with Crippen molar-refractivity contribution in [1.82, 2.24) is 0 Å². The zero-order chi connectivity index (χ0) is 17.3. The van der Waals surface area contributed by atoms with E-state index in [2.05, 4.69) is 4.72 Å². The topological polar surface area (TPSA) is 95.9 Å². The Bertz CT molecular complexity index is 878. The number of hydrogen-bond acceptors (Lipinski definition) is 5. The minimum absolute atomic E-state index is 0.0109. The average Bonchev–Trinajstić information content (AvgIpc) is 2.54. The minimum atomic E-state index is -3.81. The number of likely N-dealkylation sites (N-methyl/N-ethyl adjacent to an activating group) is 1. The Morgan fingerprint density at radius 2 is 1.92 bits per heavy atom. The van der Waals surface area contributed by atoms with Crippen molar-refractivity contribution >= 4 is 27.4 Å². The molecule has 7 nitrogen and oxygen atoms in total. The lowest BCUT2D eigenvalue weighted by Crippen LogP contribution is -2.28. The van der Waals surface area contributed by atoms with Gasteiger partial charge in [-0.05, 0) is 36.4 Å². The molecule has 0 aliphatic carbocycles. The molecule has 2 N–H and O–H groups in total. The van der Waals surface area contributed by atoms with Crippen molar-refractivity contribution < 1.29 is 23.1 Å². The maximum Gasteiger partial charge on any atom is 0.335 e. The summed E-state index contributed by atoms with van der Waals surface area (Å²) in [6.07, 6.45) is 0. The molecule has 0 unspecified atom stereocenters. The maximum absolute atomic E-state index is 12.4. The zero-order valence-corrected chi connectivity index (χ0v) is 13.7. The predicted molar refractivity (Wildman–Crippen MR) is 89.4 cm³/mol. The van der Waals surface area contributed by atoms with E-state index >= 15 is 0 Å². The van der Waals surface area contributed by atoms with Crippen LogP contribution in [0.4, 0.5) is 11.4 Å². The summed E-state index contributed by atoms with van der Waals surface area (Å²) in [6.45, 7) is 1.31. The molecular formula is C16H16N2O5S. The van der Waals surface area contributed by atoms with Crippen LogP contribution in [0.2, 0.25) is 0 Å². The van der Waals surface area contributed by atoms with Gasteiger partial charge in [0.05, 0.1) is 28.4 Å². The summed E-state index contributed by atoms with van der Waals surface area (Å²) in [6, 6.07) is 10.1. The molecule has 2 aromatic carbocycles. The Morgan fingerprint density at radius 3 is 2.58 bits per heavy atom. The molecule has 1 aliphatic rings. The van der Waals surface area contributed by atoms with Crippen molar-refractivity contribution in [2.24, 2.45) is 0 Å². The number of fused-ring (bicyclic) bond motifs is 1. The third-order valence-electron chi connectivity index (χ3n) is 3.72. The lowest BCUT2D eigenvalue weighted by atomic mass is 10.2. The number of carbonyl (C=O) groups is 1. The molecule has 0 aromatic heterocycles. The molecule has 0 fully saturated rings. The molecule has 1 heterocycles. The lowest BCUT2D eigenvalue weighted by Gasteiger charge is -2.28. The summed E-state index contributed by atoms with van der Waals surface area (Å²) >= 11 is 0. The average molecular weight is 348 g/mol. The molecule has 3 rings (SSSR count). The van der Waals surface area contributed by atoms with E-state index in [0.717, 1.165) is 12.2 Å². The molecule has 8 heteroatoms. The third-order valence-corrected chi connectivity index (χ3v) is 5.12. The first-order chi connectivity index (χ1) is 11.4. The summed E-state index contributed by atoms with van der Waals surface area (Å²) in [5.74, 6) is -0.493. The van der Waals surface area contributed by atoms with Gasteiger partial charge in [-0.2, -0.15) is 0 Å². The highest BCUT2D eigenvalue weighted by Crippen LogP contribution is 2.33. The fourth-order valence-electron chi connectivity index (χ4n) is 2.41. The van der Waals surface area contributed by atoms with Crippen molar-refractivity contribution in [3.63, 3.8) is 0 Å². The Morgan fingerprint density at radius 1 is 1.21 bits per heavy atom. The van der Waals surface area contributed by atoms with Crippen LogP contribution in [-0.4, -0.2) is 39.7 Å². The van der Waals surface area contributed by atoms with Crippen LogP contribution in [0.3, 0.4) is 0 Å². The second-order valence-electron chi connectivity index (χ2n) is 5.39. The van der Waals surface area contributed by atoms with Crippen LogP contribution in [0.1, 0.15) is 10.4 Å². The monoisotopic (exact) mass is 348 g/mol. The van der Waals surface area contributed by atoms with Gasteiger partial charge in [-0.1, -0.05) is 0 Å². The summed E-state index contributed by atoms with van der Waals surface area (Å²) < 4.78 is 32.8. The number of rotatable bonds is 4. The molecule has 0 spiro atoms. The van der Waals surface area contributed by atoms with Gasteiger partial charge >= 0.3 is 5.97 Å². The Labute approximate surface area is 139 Å². The summed E-state index contributed by atoms with van der Waals surface area (Å²) in [5, 5.41) is 8.86. The van der Waals surface area contributed by atoms with Crippen molar-refractivity contribution in [3.05, 3.63) is 48.0 Å². The molecule has 0 bridgehead atoms. The van der Waals surface area contributed by atoms with E-state index in [1.165, 1.54) is 24.3 Å². The smallest absolute Gasteiger partial charge is 0.335 e. The quantitative estimate of drug-likeness (QED) is 0.877. The number of aromatic carboxylic acids is 1. The molecule has 0 saturated heterocycles. The third kappa shape index (κ3) is 3.13. The highest BCUT2D eigenvalue weighted by Gasteiger charge is 2.18. The van der Waals surface area contributed by atoms with Gasteiger partial charge in [0.1, 0.15) is 12.4 Å². The number of nitrogens with one attached hydrogen (secondary N) is 1. The number of anilines is 2. The van der Waals surface area contributed by atoms with Crippen LogP contribution in [-0.2, 0) is 10.0 Å². The zero-order valence-electron chi connectivity index (χ0n) is 12.9. The summed E-state index contributed by atoms with van der Waals surface area (Å²) in [4.78, 5) is 12.9. The van der Waals surface area contributed by atoms with Gasteiger partial charge < -0.3 is 14.7 Å². The normalized spacial score (nSPS) is 13.8. The Kier molecular flexibility index (Phi) is 4.06. The molecule has 0 atom stereocenters. The largest absolute Gasteiger partial charge is 0.489 e. The number of hydrogen-bond donors (Lipinski definition) is 2. The fraction of sp³-hybridized carbons (Fsp3) is 0.188. The van der Waals surface area contributed by atoms with Gasteiger partial charge in [0, 0.05) is 13.1 Å². The van der Waals surface area contributed by atoms with Crippen LogP contribution in [0.15, 0.2) is 47.4 Å². The van der Waals surface area contributed by atoms with E-state index in [1.54, 1.807) is 18.2 Å². The SMILES string of the molecule is CN1CCOc2cc(NS(=O)(=O)c3ccc(C(=O)O)cc3)ccc21. The number of sulfonamides is 1. The van der Waals surface area contributed by atoms with Gasteiger partial charge in [0.25, 0.3) is 10.0 Å². The van der Waals surface area contributed by atoms with E-state index < -0.39 is 16.0 Å². The van der Waals surface area contributed by atoms with Crippen LogP contribution in [0.5, 0.6) is 5.75 Å². The summed E-state index contributed by atoms with van der Waals surface area (Å²) in [7, 11) is -1.87. The molecule has 24 heavy (non-hydrogen) atoms. The second-order valence-corrected chi connectivity index (χ2v) is 7.07. The van der Waals surface area contributed by atoms with Crippen molar-refractivity contribution in [3.8, 4) is 5.75 Å². The van der Waals surface area contributed by atoms with Crippen molar-refractivity contribution in [1.29, 1.82) is 0 Å². The molecule has 126 valence electrons. The van der Waals surface area contributed by atoms with Crippen LogP contribution in [0, 0.1) is 0 Å². The molecule has 2 aromatic rings. The van der Waals surface area contributed by atoms with Crippen LogP contribution >= 0.6 is 0 Å². The highest BCUT2D eigenvalue weighted by atomic mass is 32.2. The van der Waals surface area contributed by atoms with Crippen molar-refractivity contribution in [2.75, 3.05) is 29.8 Å². The number of carboxylic acids is 1. The first-order valence-electron chi connectivity index (χ1n) is 7.21. The van der Waals surface area contributed by atoms with Gasteiger partial charge in [0.15, 0.2) is 0 Å². The fourth-order valence-corrected chi connectivity index (χ4v) is 3.46. The van der Waals surface area contributed by atoms with Crippen molar-refractivity contribution in [2.45, 2.75) is 4.90 Å². The van der Waals surface area contributed by atoms with Crippen LogP contribution in [0.25, 0.3) is 0 Å². The molecule has 0 radical (unpaired) electrons. The lowest BCUT2D eigenvalue weighted by molar-refractivity contribution is 0.0696. The first-order valence-corrected chi connectivity index (χ1v) is 8.69. The highest BCUT2D eigenvalue weighted by molar-refractivity contribution is 7.92. The number of ether oxygens (including phenoxy) is 1. The van der Waals surface area contributed by atoms with Gasteiger partial charge in [-0.15, -0.1) is 0 Å². The van der Waals surface area contributed by atoms with E-state index in [4.69, 9.17) is 9.84 Å². The second kappa shape index (κ2) is 6.04. The Hall–Kier alpha value is -2.74. The number of carboxylic acid groups (broad SMARTS) is 1. The number of benzene rings is 2. The minimum Gasteiger partial charge on any atom is -0.489 e. The standard InChI is InChI=1S/C16H16N2O5S/c1-18-8-9-23-15-10-12(4-7-14(15)18)17-24(21,22)13-5-2-11(3-6-13)16(19)20/h2-7,10,17H,8-9H2,1H3,(H,19,20). The predicted octanol–water partition coefficient (Wildman–Crippen LogP) is 2.01. The number of nitrogens with zero attached hydrogens (tertiary/aromatic N) is 1. The molecule has 0 amide bonds. The Balaban J connectivity index is 1.85.